The van der Waals surface area contributed by atoms with Crippen LogP contribution in [0.25, 0.3) is 0 Å². The number of hydrogen-bond acceptors (Lipinski definition) is 3. The van der Waals surface area contributed by atoms with E-state index in [0.717, 1.165) is 24.3 Å². The second-order valence-electron chi connectivity index (χ2n) is 5.52. The maximum atomic E-state index is 11.1. The number of ether oxygens (including phenoxy) is 1. The first-order valence-corrected chi connectivity index (χ1v) is 7.11. The Kier molecular flexibility index (Phi) is 6.02. The third-order valence-corrected chi connectivity index (χ3v) is 3.13. The molecule has 4 heteroatoms. The highest BCUT2D eigenvalue weighted by Crippen LogP contribution is 2.27. The second-order valence-corrected chi connectivity index (χ2v) is 5.52. The predicted octanol–water partition coefficient (Wildman–Crippen LogP) is 3.16. The molecule has 1 unspecified atom stereocenters. The Labute approximate surface area is 121 Å². The normalized spacial score (nSPS) is 14.1. The molecule has 0 aromatic heterocycles. The molecule has 2 N–H and O–H groups in total. The number of rotatable bonds is 8. The average Bonchev–Trinajstić information content (AvgIpc) is 2.35. The van der Waals surface area contributed by atoms with E-state index in [1.807, 2.05) is 45.0 Å². The van der Waals surface area contributed by atoms with Gasteiger partial charge in [0.15, 0.2) is 0 Å². The van der Waals surface area contributed by atoms with Crippen molar-refractivity contribution in [2.75, 3.05) is 6.54 Å². The number of nitrogens with one attached hydrogen (secondary N) is 1. The van der Waals surface area contributed by atoms with Crippen LogP contribution in [-0.4, -0.2) is 23.7 Å². The molecule has 0 saturated heterocycles. The van der Waals surface area contributed by atoms with E-state index in [9.17, 15) is 4.79 Å². The van der Waals surface area contributed by atoms with Crippen LogP contribution in [0.4, 0.5) is 0 Å². The minimum atomic E-state index is -0.807. The highest BCUT2D eigenvalue weighted by atomic mass is 16.5. The van der Waals surface area contributed by atoms with Crippen LogP contribution in [-0.2, 0) is 10.3 Å². The van der Waals surface area contributed by atoms with Gasteiger partial charge in [-0.05, 0) is 51.4 Å². The van der Waals surface area contributed by atoms with Crippen LogP contribution in [0.3, 0.4) is 0 Å². The van der Waals surface area contributed by atoms with Crippen molar-refractivity contribution in [2.24, 2.45) is 0 Å². The van der Waals surface area contributed by atoms with Gasteiger partial charge >= 0.3 is 5.97 Å². The van der Waals surface area contributed by atoms with Gasteiger partial charge in [0.1, 0.15) is 5.75 Å². The molecule has 1 rings (SSSR count). The minimum absolute atomic E-state index is 0.0530. The SMILES string of the molecule is CCCNC(C)(CC(=O)O)c1ccc(OC(C)C)cc1. The molecule has 0 spiro atoms. The molecular formula is C16H25NO3. The number of hydrogen-bond donors (Lipinski definition) is 2. The molecule has 1 atom stereocenters. The van der Waals surface area contributed by atoms with Gasteiger partial charge in [-0.15, -0.1) is 0 Å². The van der Waals surface area contributed by atoms with Crippen LogP contribution in [0.5, 0.6) is 5.75 Å². The predicted molar refractivity (Wildman–Crippen MR) is 80.1 cm³/mol. The molecule has 0 amide bonds. The lowest BCUT2D eigenvalue weighted by atomic mass is 9.88. The quantitative estimate of drug-likeness (QED) is 0.767. The Hall–Kier alpha value is -1.55. The Balaban J connectivity index is 2.92. The van der Waals surface area contributed by atoms with Gasteiger partial charge in [0.2, 0.25) is 0 Å². The van der Waals surface area contributed by atoms with Gasteiger partial charge in [-0.25, -0.2) is 0 Å². The number of carboxylic acids is 1. The molecule has 4 nitrogen and oxygen atoms in total. The number of benzene rings is 1. The van der Waals surface area contributed by atoms with E-state index in [1.54, 1.807) is 0 Å². The second kappa shape index (κ2) is 7.29. The maximum absolute atomic E-state index is 11.1. The van der Waals surface area contributed by atoms with E-state index in [4.69, 9.17) is 9.84 Å². The molecule has 0 aliphatic heterocycles. The first kappa shape index (κ1) is 16.5. The van der Waals surface area contributed by atoms with E-state index in [2.05, 4.69) is 12.2 Å². The molecular weight excluding hydrogens is 254 g/mol. The van der Waals surface area contributed by atoms with Gasteiger partial charge in [-0.3, -0.25) is 4.79 Å². The summed E-state index contributed by atoms with van der Waals surface area (Å²) in [5, 5.41) is 12.5. The number of aliphatic carboxylic acids is 1. The molecule has 0 aliphatic carbocycles. The molecule has 0 radical (unpaired) electrons. The third-order valence-electron chi connectivity index (χ3n) is 3.13. The molecule has 0 heterocycles. The van der Waals surface area contributed by atoms with Crippen molar-refractivity contribution in [2.45, 2.75) is 52.2 Å². The zero-order valence-corrected chi connectivity index (χ0v) is 12.8. The monoisotopic (exact) mass is 279 g/mol. The van der Waals surface area contributed by atoms with E-state index in [1.165, 1.54) is 0 Å². The fraction of sp³-hybridized carbons (Fsp3) is 0.562. The standard InChI is InChI=1S/C16H25NO3/c1-5-10-17-16(4,11-15(18)19)13-6-8-14(9-7-13)20-12(2)3/h6-9,12,17H,5,10-11H2,1-4H3,(H,18,19). The van der Waals surface area contributed by atoms with Gasteiger partial charge in [0.25, 0.3) is 0 Å². The van der Waals surface area contributed by atoms with Crippen molar-refractivity contribution >= 4 is 5.97 Å². The van der Waals surface area contributed by atoms with Crippen molar-refractivity contribution < 1.29 is 14.6 Å². The Morgan fingerprint density at radius 1 is 1.35 bits per heavy atom. The summed E-state index contributed by atoms with van der Waals surface area (Å²) in [6.45, 7) is 8.73. The molecule has 0 aliphatic rings. The van der Waals surface area contributed by atoms with E-state index in [0.29, 0.717) is 0 Å². The number of carboxylic acid groups (broad SMARTS) is 1. The average molecular weight is 279 g/mol. The van der Waals surface area contributed by atoms with E-state index >= 15 is 0 Å². The minimum Gasteiger partial charge on any atom is -0.491 e. The highest BCUT2D eigenvalue weighted by Gasteiger charge is 2.28. The zero-order valence-electron chi connectivity index (χ0n) is 12.8. The van der Waals surface area contributed by atoms with Crippen molar-refractivity contribution in [1.82, 2.24) is 5.32 Å². The van der Waals surface area contributed by atoms with Crippen molar-refractivity contribution in [3.05, 3.63) is 29.8 Å². The first-order valence-electron chi connectivity index (χ1n) is 7.11. The molecule has 0 bridgehead atoms. The van der Waals surface area contributed by atoms with Crippen LogP contribution in [0.1, 0.15) is 46.1 Å². The fourth-order valence-corrected chi connectivity index (χ4v) is 2.14. The lowest BCUT2D eigenvalue weighted by Gasteiger charge is -2.30. The van der Waals surface area contributed by atoms with Gasteiger partial charge < -0.3 is 15.2 Å². The molecule has 1 aromatic rings. The van der Waals surface area contributed by atoms with E-state index < -0.39 is 11.5 Å². The number of carbonyl (C=O) groups is 1. The molecule has 1 aromatic carbocycles. The van der Waals surface area contributed by atoms with Crippen LogP contribution >= 0.6 is 0 Å². The lowest BCUT2D eigenvalue weighted by molar-refractivity contribution is -0.138. The Morgan fingerprint density at radius 2 is 1.95 bits per heavy atom. The summed E-state index contributed by atoms with van der Waals surface area (Å²) < 4.78 is 5.61. The van der Waals surface area contributed by atoms with Crippen molar-refractivity contribution in [3.63, 3.8) is 0 Å². The van der Waals surface area contributed by atoms with Crippen LogP contribution < -0.4 is 10.1 Å². The van der Waals surface area contributed by atoms with Gasteiger partial charge in [-0.1, -0.05) is 19.1 Å². The molecule has 20 heavy (non-hydrogen) atoms. The summed E-state index contributed by atoms with van der Waals surface area (Å²) in [6.07, 6.45) is 1.14. The van der Waals surface area contributed by atoms with Gasteiger partial charge in [0.05, 0.1) is 18.1 Å². The van der Waals surface area contributed by atoms with Gasteiger partial charge in [-0.2, -0.15) is 0 Å². The van der Waals surface area contributed by atoms with Crippen LogP contribution in [0.15, 0.2) is 24.3 Å². The van der Waals surface area contributed by atoms with Crippen molar-refractivity contribution in [3.8, 4) is 5.75 Å². The summed E-state index contributed by atoms with van der Waals surface area (Å²) in [7, 11) is 0. The zero-order chi connectivity index (χ0) is 15.2. The fourth-order valence-electron chi connectivity index (χ4n) is 2.14. The largest absolute Gasteiger partial charge is 0.491 e. The van der Waals surface area contributed by atoms with Gasteiger partial charge in [0, 0.05) is 0 Å². The van der Waals surface area contributed by atoms with Crippen LogP contribution in [0.2, 0.25) is 0 Å². The molecule has 0 saturated carbocycles. The summed E-state index contributed by atoms with van der Waals surface area (Å²) in [6, 6.07) is 7.65. The summed E-state index contributed by atoms with van der Waals surface area (Å²) >= 11 is 0. The van der Waals surface area contributed by atoms with Crippen LogP contribution in [0, 0.1) is 0 Å². The molecule has 0 fully saturated rings. The molecule has 112 valence electrons. The smallest absolute Gasteiger partial charge is 0.305 e. The highest BCUT2D eigenvalue weighted by molar-refractivity contribution is 5.68. The van der Waals surface area contributed by atoms with Crippen molar-refractivity contribution in [1.29, 1.82) is 0 Å². The third kappa shape index (κ3) is 4.85. The first-order chi connectivity index (χ1) is 9.37. The maximum Gasteiger partial charge on any atom is 0.305 e. The summed E-state index contributed by atoms with van der Waals surface area (Å²) in [5.74, 6) is -0.00414. The Bertz CT molecular complexity index is 428. The lowest BCUT2D eigenvalue weighted by Crippen LogP contribution is -2.41. The Morgan fingerprint density at radius 3 is 2.40 bits per heavy atom. The summed E-state index contributed by atoms with van der Waals surface area (Å²) in [4.78, 5) is 11.1. The topological polar surface area (TPSA) is 58.6 Å². The summed E-state index contributed by atoms with van der Waals surface area (Å²) in [5.41, 5.74) is 0.405. The van der Waals surface area contributed by atoms with E-state index in [-0.39, 0.29) is 12.5 Å².